The van der Waals surface area contributed by atoms with E-state index in [0.717, 1.165) is 38.8 Å². The summed E-state index contributed by atoms with van der Waals surface area (Å²) in [5, 5.41) is 9.73. The minimum Gasteiger partial charge on any atom is -0.393 e. The maximum absolute atomic E-state index is 9.73. The summed E-state index contributed by atoms with van der Waals surface area (Å²) in [7, 11) is 0. The van der Waals surface area contributed by atoms with Gasteiger partial charge >= 0.3 is 0 Å². The topological polar surface area (TPSA) is 23.5 Å². The highest BCUT2D eigenvalue weighted by Crippen LogP contribution is 2.09. The monoisotopic (exact) mass is 247 g/mol. The molecule has 0 aromatic heterocycles. The van der Waals surface area contributed by atoms with Crippen molar-refractivity contribution in [1.82, 2.24) is 4.90 Å². The molecule has 98 valence electrons. The van der Waals surface area contributed by atoms with Gasteiger partial charge in [-0.2, -0.15) is 11.8 Å². The molecule has 1 N–H and O–H groups in total. The molecule has 0 aliphatic carbocycles. The maximum Gasteiger partial charge on any atom is 0.0540 e. The Morgan fingerprint density at radius 1 is 1.06 bits per heavy atom. The molecule has 0 fully saturated rings. The molecule has 2 nitrogen and oxygen atoms in total. The van der Waals surface area contributed by atoms with Crippen LogP contribution in [0.1, 0.15) is 46.0 Å². The van der Waals surface area contributed by atoms with Gasteiger partial charge in [0.05, 0.1) is 6.10 Å². The van der Waals surface area contributed by atoms with E-state index in [2.05, 4.69) is 25.0 Å². The highest BCUT2D eigenvalue weighted by molar-refractivity contribution is 7.98. The third kappa shape index (κ3) is 9.49. The van der Waals surface area contributed by atoms with Crippen molar-refractivity contribution in [3.05, 3.63) is 0 Å². The highest BCUT2D eigenvalue weighted by Gasteiger charge is 2.04. The molecular formula is C13H29NOS. The third-order valence-electron chi connectivity index (χ3n) is 3.04. The summed E-state index contributed by atoms with van der Waals surface area (Å²) in [6.07, 6.45) is 7.55. The van der Waals surface area contributed by atoms with Crippen LogP contribution in [0.25, 0.3) is 0 Å². The Bertz CT molecular complexity index is 140. The van der Waals surface area contributed by atoms with E-state index in [1.807, 2.05) is 11.8 Å². The summed E-state index contributed by atoms with van der Waals surface area (Å²) in [4.78, 5) is 2.44. The van der Waals surface area contributed by atoms with Crippen LogP contribution in [0.15, 0.2) is 0 Å². The SMILES string of the molecule is CCN(CC)CCCC[C@H](O)CCCSC. The molecule has 0 aliphatic rings. The number of hydrogen-bond acceptors (Lipinski definition) is 3. The Hall–Kier alpha value is 0.270. The van der Waals surface area contributed by atoms with E-state index < -0.39 is 0 Å². The summed E-state index contributed by atoms with van der Waals surface area (Å²) >= 11 is 1.86. The molecule has 0 bridgehead atoms. The quantitative estimate of drug-likeness (QED) is 0.568. The number of hydrogen-bond donors (Lipinski definition) is 1. The Morgan fingerprint density at radius 2 is 1.69 bits per heavy atom. The normalized spacial score (nSPS) is 13.3. The Kier molecular flexibility index (Phi) is 11.9. The van der Waals surface area contributed by atoms with E-state index in [1.54, 1.807) is 0 Å². The molecule has 0 rings (SSSR count). The Balaban J connectivity index is 3.29. The van der Waals surface area contributed by atoms with Crippen LogP contribution in [-0.2, 0) is 0 Å². The van der Waals surface area contributed by atoms with E-state index in [9.17, 15) is 5.11 Å². The number of aliphatic hydroxyl groups is 1. The summed E-state index contributed by atoms with van der Waals surface area (Å²) in [6.45, 7) is 7.89. The van der Waals surface area contributed by atoms with Gasteiger partial charge in [0.1, 0.15) is 0 Å². The number of unbranched alkanes of at least 4 members (excludes halogenated alkanes) is 1. The second kappa shape index (κ2) is 11.7. The number of nitrogens with zero attached hydrogens (tertiary/aromatic N) is 1. The van der Waals surface area contributed by atoms with Crippen molar-refractivity contribution >= 4 is 11.8 Å². The van der Waals surface area contributed by atoms with E-state index in [1.165, 1.54) is 18.7 Å². The van der Waals surface area contributed by atoms with Gasteiger partial charge in [-0.1, -0.05) is 13.8 Å². The van der Waals surface area contributed by atoms with Gasteiger partial charge < -0.3 is 10.0 Å². The van der Waals surface area contributed by atoms with E-state index >= 15 is 0 Å². The van der Waals surface area contributed by atoms with Crippen LogP contribution < -0.4 is 0 Å². The number of thioether (sulfide) groups is 1. The molecule has 0 aliphatic heterocycles. The molecule has 0 radical (unpaired) electrons. The fraction of sp³-hybridized carbons (Fsp3) is 1.00. The molecule has 0 unspecified atom stereocenters. The predicted molar refractivity (Wildman–Crippen MR) is 75.3 cm³/mol. The zero-order chi connectivity index (χ0) is 12.2. The predicted octanol–water partition coefficient (Wildman–Crippen LogP) is 3.00. The molecule has 16 heavy (non-hydrogen) atoms. The van der Waals surface area contributed by atoms with Gasteiger partial charge in [0.2, 0.25) is 0 Å². The van der Waals surface area contributed by atoms with E-state index in [-0.39, 0.29) is 6.10 Å². The lowest BCUT2D eigenvalue weighted by molar-refractivity contribution is 0.148. The van der Waals surface area contributed by atoms with Crippen LogP contribution >= 0.6 is 11.8 Å². The summed E-state index contributed by atoms with van der Waals surface area (Å²) < 4.78 is 0. The van der Waals surface area contributed by atoms with Gasteiger partial charge in [0, 0.05) is 0 Å². The first-order valence-electron chi connectivity index (χ1n) is 6.63. The second-order valence-corrected chi connectivity index (χ2v) is 5.30. The molecule has 0 aromatic carbocycles. The van der Waals surface area contributed by atoms with Crippen LogP contribution in [0.5, 0.6) is 0 Å². The molecule has 3 heteroatoms. The number of aliphatic hydroxyl groups excluding tert-OH is 1. The van der Waals surface area contributed by atoms with Gasteiger partial charge in [-0.3, -0.25) is 0 Å². The Labute approximate surface area is 106 Å². The molecule has 0 aromatic rings. The lowest BCUT2D eigenvalue weighted by Crippen LogP contribution is -2.24. The van der Waals surface area contributed by atoms with Gasteiger partial charge in [-0.05, 0) is 63.7 Å². The standard InChI is InChI=1S/C13H29NOS/c1-4-14(5-2)11-7-6-9-13(15)10-8-12-16-3/h13,15H,4-12H2,1-3H3/t13-/m0/s1. The molecule has 0 spiro atoms. The largest absolute Gasteiger partial charge is 0.393 e. The van der Waals surface area contributed by atoms with Crippen LogP contribution in [0.4, 0.5) is 0 Å². The summed E-state index contributed by atoms with van der Waals surface area (Å²) in [6, 6.07) is 0. The zero-order valence-corrected chi connectivity index (χ0v) is 12.1. The zero-order valence-electron chi connectivity index (χ0n) is 11.2. The van der Waals surface area contributed by atoms with Gasteiger partial charge in [-0.15, -0.1) is 0 Å². The van der Waals surface area contributed by atoms with Crippen molar-refractivity contribution in [2.75, 3.05) is 31.6 Å². The first kappa shape index (κ1) is 16.3. The van der Waals surface area contributed by atoms with E-state index in [4.69, 9.17) is 0 Å². The van der Waals surface area contributed by atoms with Crippen molar-refractivity contribution in [2.24, 2.45) is 0 Å². The summed E-state index contributed by atoms with van der Waals surface area (Å²) in [5.74, 6) is 1.18. The Morgan fingerprint density at radius 3 is 2.25 bits per heavy atom. The number of rotatable bonds is 11. The van der Waals surface area contributed by atoms with Gasteiger partial charge in [-0.25, -0.2) is 0 Å². The smallest absolute Gasteiger partial charge is 0.0540 e. The maximum atomic E-state index is 9.73. The van der Waals surface area contributed by atoms with Crippen molar-refractivity contribution < 1.29 is 5.11 Å². The molecule has 0 amide bonds. The molecule has 0 saturated heterocycles. The van der Waals surface area contributed by atoms with Crippen molar-refractivity contribution in [3.63, 3.8) is 0 Å². The first-order chi connectivity index (χ1) is 7.74. The van der Waals surface area contributed by atoms with Crippen molar-refractivity contribution in [3.8, 4) is 0 Å². The van der Waals surface area contributed by atoms with Crippen LogP contribution in [0.3, 0.4) is 0 Å². The fourth-order valence-electron chi connectivity index (χ4n) is 1.86. The van der Waals surface area contributed by atoms with Crippen LogP contribution in [0, 0.1) is 0 Å². The van der Waals surface area contributed by atoms with Gasteiger partial charge in [0.25, 0.3) is 0 Å². The first-order valence-corrected chi connectivity index (χ1v) is 8.03. The highest BCUT2D eigenvalue weighted by atomic mass is 32.2. The van der Waals surface area contributed by atoms with Crippen molar-refractivity contribution in [1.29, 1.82) is 0 Å². The van der Waals surface area contributed by atoms with Gasteiger partial charge in [0.15, 0.2) is 0 Å². The lowest BCUT2D eigenvalue weighted by Gasteiger charge is -2.18. The van der Waals surface area contributed by atoms with E-state index in [0.29, 0.717) is 0 Å². The minimum absolute atomic E-state index is 0.0659. The average molecular weight is 247 g/mol. The third-order valence-corrected chi connectivity index (χ3v) is 3.74. The summed E-state index contributed by atoms with van der Waals surface area (Å²) in [5.41, 5.74) is 0. The molecular weight excluding hydrogens is 218 g/mol. The van der Waals surface area contributed by atoms with Crippen LogP contribution in [-0.4, -0.2) is 47.8 Å². The van der Waals surface area contributed by atoms with Crippen molar-refractivity contribution in [2.45, 2.75) is 52.1 Å². The fourth-order valence-corrected chi connectivity index (χ4v) is 2.32. The molecule has 1 atom stereocenters. The minimum atomic E-state index is -0.0659. The molecule has 0 saturated carbocycles. The average Bonchev–Trinajstić information content (AvgIpc) is 2.30. The molecule has 0 heterocycles. The van der Waals surface area contributed by atoms with Crippen LogP contribution in [0.2, 0.25) is 0 Å². The second-order valence-electron chi connectivity index (χ2n) is 4.31. The lowest BCUT2D eigenvalue weighted by atomic mass is 10.1.